The molecule has 2 aromatic rings. The topological polar surface area (TPSA) is 89.0 Å². The van der Waals surface area contributed by atoms with E-state index in [9.17, 15) is 9.59 Å². The van der Waals surface area contributed by atoms with E-state index < -0.39 is 12.0 Å². The zero-order chi connectivity index (χ0) is 15.4. The van der Waals surface area contributed by atoms with Crippen molar-refractivity contribution in [2.75, 3.05) is 11.9 Å². The number of hydrogen-bond donors (Lipinski definition) is 2. The molecule has 2 N–H and O–H groups in total. The molecule has 0 radical (unpaired) electrons. The summed E-state index contributed by atoms with van der Waals surface area (Å²) in [4.78, 5) is 27.0. The molecule has 0 aliphatic rings. The quantitative estimate of drug-likeness (QED) is 0.823. The first-order chi connectivity index (χ1) is 10.0. The molecule has 2 aromatic heterocycles. The van der Waals surface area contributed by atoms with Gasteiger partial charge < -0.3 is 15.0 Å². The van der Waals surface area contributed by atoms with Gasteiger partial charge in [-0.2, -0.15) is 5.10 Å². The van der Waals surface area contributed by atoms with E-state index in [1.165, 1.54) is 0 Å². The number of aromatic amines is 1. The number of esters is 1. The molecule has 0 aliphatic carbocycles. The summed E-state index contributed by atoms with van der Waals surface area (Å²) in [6.07, 6.45) is 4.89. The second-order valence-electron chi connectivity index (χ2n) is 4.57. The lowest BCUT2D eigenvalue weighted by atomic mass is 10.2. The van der Waals surface area contributed by atoms with Crippen LogP contribution in [0.4, 0.5) is 5.69 Å². The van der Waals surface area contributed by atoms with Crippen molar-refractivity contribution in [3.05, 3.63) is 35.9 Å². The molecule has 21 heavy (non-hydrogen) atoms. The molecule has 0 spiro atoms. The second-order valence-corrected chi connectivity index (χ2v) is 4.57. The van der Waals surface area contributed by atoms with Crippen molar-refractivity contribution < 1.29 is 14.3 Å². The fraction of sp³-hybridized carbons (Fsp3) is 0.357. The monoisotopic (exact) mass is 290 g/mol. The van der Waals surface area contributed by atoms with Gasteiger partial charge in [0.05, 0.1) is 12.3 Å². The van der Waals surface area contributed by atoms with Gasteiger partial charge in [0.2, 0.25) is 5.91 Å². The van der Waals surface area contributed by atoms with Crippen LogP contribution >= 0.6 is 0 Å². The first-order valence-electron chi connectivity index (χ1n) is 6.69. The van der Waals surface area contributed by atoms with E-state index in [2.05, 4.69) is 15.4 Å². The lowest BCUT2D eigenvalue weighted by molar-refractivity contribution is -0.119. The lowest BCUT2D eigenvalue weighted by Crippen LogP contribution is -2.24. The van der Waals surface area contributed by atoms with E-state index in [1.807, 2.05) is 0 Å². The molecule has 7 nitrogen and oxygen atoms in total. The van der Waals surface area contributed by atoms with E-state index in [1.54, 1.807) is 50.1 Å². The zero-order valence-corrected chi connectivity index (χ0v) is 12.2. The third-order valence-corrected chi connectivity index (χ3v) is 3.12. The number of carbonyl (C=O) groups excluding carboxylic acids is 2. The SMILES string of the molecule is CCOC(=O)c1c(NC(=O)C(C)n2cccn2)c[nH]c1C. The molecule has 0 fully saturated rings. The van der Waals surface area contributed by atoms with Gasteiger partial charge in [0.25, 0.3) is 0 Å². The van der Waals surface area contributed by atoms with Crippen molar-refractivity contribution >= 4 is 17.6 Å². The summed E-state index contributed by atoms with van der Waals surface area (Å²) in [5, 5.41) is 6.75. The van der Waals surface area contributed by atoms with Crippen LogP contribution in [-0.4, -0.2) is 33.2 Å². The van der Waals surface area contributed by atoms with Crippen molar-refractivity contribution in [3.8, 4) is 0 Å². The number of nitrogens with zero attached hydrogens (tertiary/aromatic N) is 2. The minimum atomic E-state index is -0.481. The van der Waals surface area contributed by atoms with E-state index in [0.29, 0.717) is 16.9 Å². The number of carbonyl (C=O) groups is 2. The summed E-state index contributed by atoms with van der Waals surface area (Å²) in [5.74, 6) is -0.721. The van der Waals surface area contributed by atoms with Gasteiger partial charge in [-0.1, -0.05) is 0 Å². The second kappa shape index (κ2) is 6.25. The van der Waals surface area contributed by atoms with E-state index >= 15 is 0 Å². The summed E-state index contributed by atoms with van der Waals surface area (Å²) in [7, 11) is 0. The molecule has 1 amide bonds. The molecule has 0 bridgehead atoms. The van der Waals surface area contributed by atoms with Gasteiger partial charge in [-0.25, -0.2) is 4.79 Å². The molecule has 0 saturated carbocycles. The van der Waals surface area contributed by atoms with Crippen LogP contribution in [0.1, 0.15) is 35.9 Å². The van der Waals surface area contributed by atoms with Crippen LogP contribution in [0.3, 0.4) is 0 Å². The Bertz CT molecular complexity index is 631. The Morgan fingerprint density at radius 2 is 2.29 bits per heavy atom. The number of hydrogen-bond acceptors (Lipinski definition) is 4. The van der Waals surface area contributed by atoms with Gasteiger partial charge in [0.15, 0.2) is 0 Å². The van der Waals surface area contributed by atoms with E-state index in [0.717, 1.165) is 0 Å². The number of aromatic nitrogens is 3. The maximum atomic E-state index is 12.2. The maximum absolute atomic E-state index is 12.2. The van der Waals surface area contributed by atoms with Crippen LogP contribution in [0.25, 0.3) is 0 Å². The number of H-pyrrole nitrogens is 1. The third-order valence-electron chi connectivity index (χ3n) is 3.12. The number of aryl methyl sites for hydroxylation is 1. The van der Waals surface area contributed by atoms with Crippen LogP contribution in [0.15, 0.2) is 24.7 Å². The highest BCUT2D eigenvalue weighted by atomic mass is 16.5. The summed E-state index contributed by atoms with van der Waals surface area (Å²) < 4.78 is 6.53. The predicted molar refractivity (Wildman–Crippen MR) is 77.1 cm³/mol. The number of anilines is 1. The van der Waals surface area contributed by atoms with Crippen LogP contribution in [0, 0.1) is 6.92 Å². The lowest BCUT2D eigenvalue weighted by Gasteiger charge is -2.13. The van der Waals surface area contributed by atoms with Gasteiger partial charge in [-0.15, -0.1) is 0 Å². The van der Waals surface area contributed by atoms with E-state index in [4.69, 9.17) is 4.74 Å². The first-order valence-corrected chi connectivity index (χ1v) is 6.69. The largest absolute Gasteiger partial charge is 0.462 e. The van der Waals surface area contributed by atoms with Crippen LogP contribution in [-0.2, 0) is 9.53 Å². The normalized spacial score (nSPS) is 12.0. The molecule has 1 unspecified atom stereocenters. The van der Waals surface area contributed by atoms with Crippen molar-refractivity contribution in [1.29, 1.82) is 0 Å². The van der Waals surface area contributed by atoms with Gasteiger partial charge >= 0.3 is 5.97 Å². The molecule has 1 atom stereocenters. The van der Waals surface area contributed by atoms with Gasteiger partial charge in [-0.3, -0.25) is 9.48 Å². The molecular formula is C14H18N4O3. The minimum Gasteiger partial charge on any atom is -0.462 e. The van der Waals surface area contributed by atoms with Crippen molar-refractivity contribution in [2.24, 2.45) is 0 Å². The van der Waals surface area contributed by atoms with Gasteiger partial charge in [-0.05, 0) is 26.8 Å². The Morgan fingerprint density at radius 1 is 1.52 bits per heavy atom. The Kier molecular flexibility index (Phi) is 4.42. The first kappa shape index (κ1) is 14.8. The molecule has 0 aromatic carbocycles. The van der Waals surface area contributed by atoms with Crippen molar-refractivity contribution in [1.82, 2.24) is 14.8 Å². The minimum absolute atomic E-state index is 0.261. The standard InChI is InChI=1S/C14H18N4O3/c1-4-21-14(20)12-9(2)15-8-11(12)17-13(19)10(3)18-7-5-6-16-18/h5-8,10,15H,4H2,1-3H3,(H,17,19). The van der Waals surface area contributed by atoms with Crippen LogP contribution in [0.2, 0.25) is 0 Å². The average Bonchev–Trinajstić information content (AvgIpc) is 3.08. The van der Waals surface area contributed by atoms with Gasteiger partial charge in [0, 0.05) is 24.3 Å². The number of ether oxygens (including phenoxy) is 1. The Balaban J connectivity index is 2.16. The van der Waals surface area contributed by atoms with Gasteiger partial charge in [0.1, 0.15) is 11.6 Å². The zero-order valence-electron chi connectivity index (χ0n) is 12.2. The highest BCUT2D eigenvalue weighted by Crippen LogP contribution is 2.21. The van der Waals surface area contributed by atoms with Crippen LogP contribution < -0.4 is 5.32 Å². The molecule has 0 saturated heterocycles. The van der Waals surface area contributed by atoms with E-state index in [-0.39, 0.29) is 12.5 Å². The molecule has 2 rings (SSSR count). The highest BCUT2D eigenvalue weighted by molar-refractivity contribution is 6.03. The Labute approximate surface area is 122 Å². The highest BCUT2D eigenvalue weighted by Gasteiger charge is 2.22. The summed E-state index contributed by atoms with van der Waals surface area (Å²) in [6, 6.07) is 1.26. The maximum Gasteiger partial charge on any atom is 0.342 e. The third kappa shape index (κ3) is 3.13. The average molecular weight is 290 g/mol. The molecule has 7 heteroatoms. The fourth-order valence-electron chi connectivity index (χ4n) is 1.96. The van der Waals surface area contributed by atoms with Crippen LogP contribution in [0.5, 0.6) is 0 Å². The predicted octanol–water partition coefficient (Wildman–Crippen LogP) is 1.90. The molecule has 2 heterocycles. The summed E-state index contributed by atoms with van der Waals surface area (Å²) in [5.41, 5.74) is 1.41. The molecule has 0 aliphatic heterocycles. The smallest absolute Gasteiger partial charge is 0.342 e. The van der Waals surface area contributed by atoms with Crippen molar-refractivity contribution in [2.45, 2.75) is 26.8 Å². The number of rotatable bonds is 5. The number of nitrogens with one attached hydrogen (secondary N) is 2. The Hall–Kier alpha value is -2.57. The summed E-state index contributed by atoms with van der Waals surface area (Å²) in [6.45, 7) is 5.49. The van der Waals surface area contributed by atoms with Crippen molar-refractivity contribution in [3.63, 3.8) is 0 Å². The molecule has 112 valence electrons. The fourth-order valence-corrected chi connectivity index (χ4v) is 1.96. The molecular weight excluding hydrogens is 272 g/mol. The Morgan fingerprint density at radius 3 is 2.90 bits per heavy atom. The summed E-state index contributed by atoms with van der Waals surface area (Å²) >= 11 is 0. The number of amides is 1.